The van der Waals surface area contributed by atoms with Crippen molar-refractivity contribution in [1.29, 1.82) is 0 Å². The maximum atomic E-state index is 12.7. The molecule has 1 heterocycles. The van der Waals surface area contributed by atoms with Crippen LogP contribution in [-0.2, 0) is 24.3 Å². The standard InChI is InChI=1S/C17H25NO7S/c1-11-8-13(23-3)9-12(2)16(11)26(21,22)18-14(17(19)20)10-25-15-6-4-5-7-24-15/h8-9,14-15,18H,4-7,10H2,1-3H3,(H,19,20)/t14?,15-/m1/s1. The largest absolute Gasteiger partial charge is 0.497 e. The number of benzene rings is 1. The third kappa shape index (κ3) is 5.16. The van der Waals surface area contributed by atoms with Gasteiger partial charge in [0.1, 0.15) is 11.8 Å². The second-order valence-electron chi connectivity index (χ2n) is 6.23. The fourth-order valence-corrected chi connectivity index (χ4v) is 4.53. The first-order valence-corrected chi connectivity index (χ1v) is 9.86. The number of rotatable bonds is 8. The van der Waals surface area contributed by atoms with Crippen molar-refractivity contribution >= 4 is 16.0 Å². The van der Waals surface area contributed by atoms with Gasteiger partial charge < -0.3 is 19.3 Å². The molecule has 0 radical (unpaired) electrons. The Bertz CT molecular complexity index is 718. The van der Waals surface area contributed by atoms with Crippen molar-refractivity contribution in [3.05, 3.63) is 23.3 Å². The van der Waals surface area contributed by atoms with E-state index < -0.39 is 28.3 Å². The molecule has 1 aliphatic heterocycles. The highest BCUT2D eigenvalue weighted by Gasteiger charge is 2.29. The van der Waals surface area contributed by atoms with Gasteiger partial charge in [-0.15, -0.1) is 0 Å². The fourth-order valence-electron chi connectivity index (χ4n) is 2.90. The number of nitrogens with one attached hydrogen (secondary N) is 1. The molecular weight excluding hydrogens is 362 g/mol. The molecule has 26 heavy (non-hydrogen) atoms. The Morgan fingerprint density at radius 1 is 1.35 bits per heavy atom. The first-order chi connectivity index (χ1) is 12.2. The summed E-state index contributed by atoms with van der Waals surface area (Å²) < 4.78 is 43.6. The lowest BCUT2D eigenvalue weighted by Crippen LogP contribution is -2.45. The summed E-state index contributed by atoms with van der Waals surface area (Å²) in [5.41, 5.74) is 0.935. The predicted molar refractivity (Wildman–Crippen MR) is 93.8 cm³/mol. The van der Waals surface area contributed by atoms with Crippen LogP contribution in [0.3, 0.4) is 0 Å². The van der Waals surface area contributed by atoms with E-state index in [0.29, 0.717) is 29.9 Å². The molecule has 0 bridgehead atoms. The molecule has 2 N–H and O–H groups in total. The van der Waals surface area contributed by atoms with Crippen molar-refractivity contribution in [3.63, 3.8) is 0 Å². The van der Waals surface area contributed by atoms with Crippen molar-refractivity contribution in [3.8, 4) is 5.75 Å². The van der Waals surface area contributed by atoms with E-state index >= 15 is 0 Å². The van der Waals surface area contributed by atoms with Crippen LogP contribution in [0, 0.1) is 13.8 Å². The van der Waals surface area contributed by atoms with Crippen LogP contribution in [0.2, 0.25) is 0 Å². The molecule has 1 aromatic rings. The summed E-state index contributed by atoms with van der Waals surface area (Å²) in [6.45, 7) is 3.50. The SMILES string of the molecule is COc1cc(C)c(S(=O)(=O)NC(CO[C@@H]2CCCCO2)C(=O)O)c(C)c1. The minimum absolute atomic E-state index is 0.0402. The van der Waals surface area contributed by atoms with Gasteiger partial charge in [0.15, 0.2) is 6.29 Å². The van der Waals surface area contributed by atoms with E-state index in [4.69, 9.17) is 14.2 Å². The van der Waals surface area contributed by atoms with Gasteiger partial charge in [-0.1, -0.05) is 0 Å². The highest BCUT2D eigenvalue weighted by atomic mass is 32.2. The molecule has 9 heteroatoms. The van der Waals surface area contributed by atoms with Crippen LogP contribution in [-0.4, -0.2) is 52.1 Å². The molecule has 1 fully saturated rings. The van der Waals surface area contributed by atoms with E-state index in [0.717, 1.165) is 12.8 Å². The Balaban J connectivity index is 2.15. The second-order valence-corrected chi connectivity index (χ2v) is 7.88. The van der Waals surface area contributed by atoms with Gasteiger partial charge in [-0.2, -0.15) is 4.72 Å². The summed E-state index contributed by atoms with van der Waals surface area (Å²) in [6.07, 6.45) is 2.03. The smallest absolute Gasteiger partial charge is 0.324 e. The van der Waals surface area contributed by atoms with E-state index in [9.17, 15) is 18.3 Å². The van der Waals surface area contributed by atoms with Gasteiger partial charge in [-0.25, -0.2) is 8.42 Å². The molecule has 0 aliphatic carbocycles. The number of aliphatic carboxylic acids is 1. The number of hydrogen-bond donors (Lipinski definition) is 2. The number of carboxylic acid groups (broad SMARTS) is 1. The average molecular weight is 387 g/mol. The second kappa shape index (κ2) is 8.81. The molecule has 1 aromatic carbocycles. The zero-order valence-corrected chi connectivity index (χ0v) is 16.0. The van der Waals surface area contributed by atoms with Crippen molar-refractivity contribution in [2.75, 3.05) is 20.3 Å². The van der Waals surface area contributed by atoms with Crippen LogP contribution in [0.5, 0.6) is 5.75 Å². The summed E-state index contributed by atoms with van der Waals surface area (Å²) in [4.78, 5) is 11.5. The van der Waals surface area contributed by atoms with Gasteiger partial charge in [0.2, 0.25) is 10.0 Å². The van der Waals surface area contributed by atoms with Crippen molar-refractivity contribution in [2.24, 2.45) is 0 Å². The fraction of sp³-hybridized carbons (Fsp3) is 0.588. The molecule has 1 unspecified atom stereocenters. The topological polar surface area (TPSA) is 111 Å². The molecular formula is C17H25NO7S. The first kappa shape index (κ1) is 20.6. The number of hydrogen-bond acceptors (Lipinski definition) is 6. The number of sulfonamides is 1. The zero-order valence-electron chi connectivity index (χ0n) is 15.1. The van der Waals surface area contributed by atoms with Crippen LogP contribution in [0.25, 0.3) is 0 Å². The van der Waals surface area contributed by atoms with Crippen LogP contribution in [0.4, 0.5) is 0 Å². The normalized spacial score (nSPS) is 19.1. The summed E-state index contributed by atoms with van der Waals surface area (Å²) in [5.74, 6) is -0.778. The Labute approximate surface area is 153 Å². The Kier molecular flexibility index (Phi) is 6.99. The van der Waals surface area contributed by atoms with Gasteiger partial charge in [-0.05, 0) is 56.4 Å². The zero-order chi connectivity index (χ0) is 19.3. The minimum Gasteiger partial charge on any atom is -0.497 e. The molecule has 2 atom stereocenters. The highest BCUT2D eigenvalue weighted by Crippen LogP contribution is 2.26. The van der Waals surface area contributed by atoms with Gasteiger partial charge in [0.25, 0.3) is 0 Å². The van der Waals surface area contributed by atoms with Gasteiger partial charge in [0, 0.05) is 6.61 Å². The molecule has 2 rings (SSSR count). The predicted octanol–water partition coefficient (Wildman–Crippen LogP) is 1.59. The third-order valence-corrected chi connectivity index (χ3v) is 5.90. The van der Waals surface area contributed by atoms with E-state index in [1.165, 1.54) is 7.11 Å². The Morgan fingerprint density at radius 2 is 2.00 bits per heavy atom. The lowest BCUT2D eigenvalue weighted by atomic mass is 10.1. The van der Waals surface area contributed by atoms with E-state index in [1.54, 1.807) is 26.0 Å². The number of aryl methyl sites for hydroxylation is 2. The quantitative estimate of drug-likeness (QED) is 0.697. The van der Waals surface area contributed by atoms with Crippen molar-refractivity contribution < 1.29 is 32.5 Å². The summed E-state index contributed by atoms with van der Waals surface area (Å²) in [7, 11) is -2.56. The van der Waals surface area contributed by atoms with Crippen LogP contribution < -0.4 is 9.46 Å². The van der Waals surface area contributed by atoms with E-state index in [2.05, 4.69) is 4.72 Å². The molecule has 1 saturated heterocycles. The first-order valence-electron chi connectivity index (χ1n) is 8.38. The molecule has 1 aliphatic rings. The maximum absolute atomic E-state index is 12.7. The average Bonchev–Trinajstić information content (AvgIpc) is 2.58. The van der Waals surface area contributed by atoms with Gasteiger partial charge in [-0.3, -0.25) is 4.79 Å². The molecule has 0 saturated carbocycles. The molecule has 146 valence electrons. The van der Waals surface area contributed by atoms with E-state index in [1.807, 2.05) is 0 Å². The van der Waals surface area contributed by atoms with E-state index in [-0.39, 0.29) is 11.5 Å². The number of ether oxygens (including phenoxy) is 3. The summed E-state index contributed by atoms with van der Waals surface area (Å²) >= 11 is 0. The highest BCUT2D eigenvalue weighted by molar-refractivity contribution is 7.89. The lowest BCUT2D eigenvalue weighted by molar-refractivity contribution is -0.170. The van der Waals surface area contributed by atoms with Crippen molar-refractivity contribution in [2.45, 2.75) is 50.3 Å². The third-order valence-electron chi connectivity index (χ3n) is 4.12. The number of carboxylic acids is 1. The van der Waals surface area contributed by atoms with Crippen LogP contribution >= 0.6 is 0 Å². The Hall–Kier alpha value is -1.68. The monoisotopic (exact) mass is 387 g/mol. The molecule has 0 amide bonds. The Morgan fingerprint density at radius 3 is 2.50 bits per heavy atom. The number of carbonyl (C=O) groups is 1. The molecule has 0 spiro atoms. The van der Waals surface area contributed by atoms with Crippen LogP contribution in [0.1, 0.15) is 30.4 Å². The molecule has 0 aromatic heterocycles. The number of methoxy groups -OCH3 is 1. The summed E-state index contributed by atoms with van der Waals surface area (Å²) in [6, 6.07) is 1.76. The van der Waals surface area contributed by atoms with Crippen LogP contribution in [0.15, 0.2) is 17.0 Å². The van der Waals surface area contributed by atoms with Crippen molar-refractivity contribution in [1.82, 2.24) is 4.72 Å². The lowest BCUT2D eigenvalue weighted by Gasteiger charge is -2.24. The summed E-state index contributed by atoms with van der Waals surface area (Å²) in [5, 5.41) is 9.37. The van der Waals surface area contributed by atoms with Gasteiger partial charge in [0.05, 0.1) is 18.6 Å². The van der Waals surface area contributed by atoms with Gasteiger partial charge >= 0.3 is 5.97 Å². The maximum Gasteiger partial charge on any atom is 0.324 e. The minimum atomic E-state index is -4.05. The molecule has 8 nitrogen and oxygen atoms in total.